The Balaban J connectivity index is 1.80. The molecule has 0 bridgehead atoms. The van der Waals surface area contributed by atoms with Crippen LogP contribution in [-0.4, -0.2) is 44.3 Å². The highest BCUT2D eigenvalue weighted by Crippen LogP contribution is 2.26. The van der Waals surface area contributed by atoms with Crippen LogP contribution >= 0.6 is 0 Å². The SMILES string of the molecule is CCCCNC(=O)[C@H](Cc1ccccc1)N(Cc1ccccc1C)C(=O)CN(c1cccc(C)c1)S(=O)(=O)c1ccc(C)cc1. The Morgan fingerprint density at radius 1 is 0.800 bits per heavy atom. The van der Waals surface area contributed by atoms with Gasteiger partial charge in [-0.2, -0.15) is 0 Å². The molecule has 4 rings (SSSR count). The monoisotopic (exact) mass is 625 g/mol. The van der Waals surface area contributed by atoms with Gasteiger partial charge in [-0.05, 0) is 73.7 Å². The summed E-state index contributed by atoms with van der Waals surface area (Å²) in [7, 11) is -4.13. The van der Waals surface area contributed by atoms with E-state index in [1.807, 2.05) is 81.4 Å². The van der Waals surface area contributed by atoms with Crippen molar-refractivity contribution in [2.45, 2.75) is 64.4 Å². The van der Waals surface area contributed by atoms with Crippen molar-refractivity contribution in [2.75, 3.05) is 17.4 Å². The zero-order valence-corrected chi connectivity index (χ0v) is 27.4. The molecule has 0 aliphatic rings. The average Bonchev–Trinajstić information content (AvgIpc) is 3.03. The third-order valence-corrected chi connectivity index (χ3v) is 9.67. The number of anilines is 1. The second-order valence-electron chi connectivity index (χ2n) is 11.5. The van der Waals surface area contributed by atoms with Crippen LogP contribution in [0.25, 0.3) is 0 Å². The van der Waals surface area contributed by atoms with Crippen LogP contribution < -0.4 is 9.62 Å². The molecule has 8 heteroatoms. The fraction of sp³-hybridized carbons (Fsp3) is 0.297. The van der Waals surface area contributed by atoms with Gasteiger partial charge in [0.2, 0.25) is 11.8 Å². The first-order valence-corrected chi connectivity index (χ1v) is 16.9. The van der Waals surface area contributed by atoms with Crippen molar-refractivity contribution in [3.05, 3.63) is 131 Å². The molecule has 0 aromatic heterocycles. The molecule has 0 unspecified atom stereocenters. The number of amides is 2. The Bertz CT molecular complexity index is 1690. The van der Waals surface area contributed by atoms with E-state index in [1.54, 1.807) is 47.4 Å². The first-order valence-electron chi connectivity index (χ1n) is 15.4. The van der Waals surface area contributed by atoms with Crippen LogP contribution in [0.2, 0.25) is 0 Å². The molecule has 4 aromatic carbocycles. The molecule has 0 spiro atoms. The molecular formula is C37H43N3O4S. The number of sulfonamides is 1. The molecule has 0 radical (unpaired) electrons. The van der Waals surface area contributed by atoms with Crippen LogP contribution in [-0.2, 0) is 32.6 Å². The van der Waals surface area contributed by atoms with Crippen molar-refractivity contribution >= 4 is 27.5 Å². The topological polar surface area (TPSA) is 86.8 Å². The highest BCUT2D eigenvalue weighted by atomic mass is 32.2. The fourth-order valence-corrected chi connectivity index (χ4v) is 6.59. The third kappa shape index (κ3) is 8.82. The number of nitrogens with zero attached hydrogens (tertiary/aromatic N) is 2. The van der Waals surface area contributed by atoms with E-state index in [0.29, 0.717) is 12.2 Å². The Kier molecular flexibility index (Phi) is 11.5. The minimum Gasteiger partial charge on any atom is -0.354 e. The number of nitrogens with one attached hydrogen (secondary N) is 1. The normalized spacial score (nSPS) is 11.9. The molecular weight excluding hydrogens is 582 g/mol. The lowest BCUT2D eigenvalue weighted by molar-refractivity contribution is -0.140. The smallest absolute Gasteiger partial charge is 0.264 e. The molecule has 45 heavy (non-hydrogen) atoms. The summed E-state index contributed by atoms with van der Waals surface area (Å²) in [5, 5.41) is 3.03. The molecule has 0 aliphatic carbocycles. The summed E-state index contributed by atoms with van der Waals surface area (Å²) in [6.45, 7) is 7.95. The maximum Gasteiger partial charge on any atom is 0.264 e. The van der Waals surface area contributed by atoms with Gasteiger partial charge in [-0.1, -0.05) is 97.8 Å². The number of aryl methyl sites for hydroxylation is 3. The molecule has 2 amide bonds. The second-order valence-corrected chi connectivity index (χ2v) is 13.3. The van der Waals surface area contributed by atoms with Crippen molar-refractivity contribution in [1.82, 2.24) is 10.2 Å². The molecule has 4 aromatic rings. The number of benzene rings is 4. The van der Waals surface area contributed by atoms with E-state index in [2.05, 4.69) is 12.2 Å². The lowest BCUT2D eigenvalue weighted by Crippen LogP contribution is -2.53. The molecule has 1 N–H and O–H groups in total. The van der Waals surface area contributed by atoms with Gasteiger partial charge in [0, 0.05) is 19.5 Å². The van der Waals surface area contributed by atoms with E-state index in [4.69, 9.17) is 0 Å². The Morgan fingerprint density at radius 2 is 1.49 bits per heavy atom. The van der Waals surface area contributed by atoms with Crippen molar-refractivity contribution in [3.63, 3.8) is 0 Å². The maximum absolute atomic E-state index is 14.6. The fourth-order valence-electron chi connectivity index (χ4n) is 5.18. The zero-order chi connectivity index (χ0) is 32.4. The van der Waals surface area contributed by atoms with Gasteiger partial charge in [-0.25, -0.2) is 8.42 Å². The van der Waals surface area contributed by atoms with E-state index in [-0.39, 0.29) is 23.8 Å². The standard InChI is InChI=1S/C37H43N3O4S/c1-5-6-23-38-37(42)35(25-31-15-8-7-9-16-31)39(26-32-17-11-10-14-30(32)4)36(41)27-40(33-18-12-13-29(3)24-33)45(43,44)34-21-19-28(2)20-22-34/h7-22,24,35H,5-6,23,25-27H2,1-4H3,(H,38,42)/t35-/m0/s1. The number of rotatable bonds is 14. The summed E-state index contributed by atoms with van der Waals surface area (Å²) in [4.78, 5) is 30.1. The van der Waals surface area contributed by atoms with E-state index in [9.17, 15) is 18.0 Å². The zero-order valence-electron chi connectivity index (χ0n) is 26.6. The summed E-state index contributed by atoms with van der Waals surface area (Å²) in [6.07, 6.45) is 2.01. The number of hydrogen-bond donors (Lipinski definition) is 1. The van der Waals surface area contributed by atoms with Crippen molar-refractivity contribution in [1.29, 1.82) is 0 Å². The molecule has 1 atom stereocenters. The van der Waals surface area contributed by atoms with Crippen LogP contribution in [0.15, 0.2) is 108 Å². The number of carbonyl (C=O) groups is 2. The number of carbonyl (C=O) groups excluding carboxylic acids is 2. The van der Waals surface area contributed by atoms with Gasteiger partial charge in [0.15, 0.2) is 0 Å². The molecule has 7 nitrogen and oxygen atoms in total. The highest BCUT2D eigenvalue weighted by Gasteiger charge is 2.34. The summed E-state index contributed by atoms with van der Waals surface area (Å²) >= 11 is 0. The van der Waals surface area contributed by atoms with Crippen molar-refractivity contribution in [2.24, 2.45) is 0 Å². The average molecular weight is 626 g/mol. The number of unbranched alkanes of at least 4 members (excludes halogenated alkanes) is 1. The van der Waals surface area contributed by atoms with Crippen molar-refractivity contribution < 1.29 is 18.0 Å². The van der Waals surface area contributed by atoms with Gasteiger partial charge in [0.25, 0.3) is 10.0 Å². The Labute approximate surface area is 268 Å². The molecule has 0 heterocycles. The quantitative estimate of drug-likeness (QED) is 0.165. The van der Waals surface area contributed by atoms with Gasteiger partial charge in [-0.15, -0.1) is 0 Å². The Hall–Kier alpha value is -4.43. The molecule has 0 saturated heterocycles. The summed E-state index contributed by atoms with van der Waals surface area (Å²) < 4.78 is 29.5. The minimum absolute atomic E-state index is 0.0889. The lowest BCUT2D eigenvalue weighted by atomic mass is 10.0. The summed E-state index contributed by atoms with van der Waals surface area (Å²) in [6, 6.07) is 30.1. The largest absolute Gasteiger partial charge is 0.354 e. The Morgan fingerprint density at radius 3 is 2.16 bits per heavy atom. The van der Waals surface area contributed by atoms with Gasteiger partial charge in [-0.3, -0.25) is 13.9 Å². The second kappa shape index (κ2) is 15.5. The highest BCUT2D eigenvalue weighted by molar-refractivity contribution is 7.92. The van der Waals surface area contributed by atoms with Crippen LogP contribution in [0.4, 0.5) is 5.69 Å². The van der Waals surface area contributed by atoms with E-state index < -0.39 is 28.5 Å². The van der Waals surface area contributed by atoms with Gasteiger partial charge in [0.05, 0.1) is 10.6 Å². The first kappa shape index (κ1) is 33.5. The van der Waals surface area contributed by atoms with Crippen LogP contribution in [0.3, 0.4) is 0 Å². The molecule has 0 aliphatic heterocycles. The van der Waals surface area contributed by atoms with E-state index in [1.165, 1.54) is 0 Å². The lowest BCUT2D eigenvalue weighted by Gasteiger charge is -2.34. The third-order valence-electron chi connectivity index (χ3n) is 7.88. The van der Waals surface area contributed by atoms with E-state index >= 15 is 0 Å². The summed E-state index contributed by atoms with van der Waals surface area (Å²) in [5.74, 6) is -0.736. The predicted octanol–water partition coefficient (Wildman–Crippen LogP) is 6.36. The molecule has 0 saturated carbocycles. The minimum atomic E-state index is -4.13. The van der Waals surface area contributed by atoms with Crippen LogP contribution in [0, 0.1) is 20.8 Å². The molecule has 0 fully saturated rings. The van der Waals surface area contributed by atoms with E-state index in [0.717, 1.165) is 45.0 Å². The maximum atomic E-state index is 14.6. The van der Waals surface area contributed by atoms with Gasteiger partial charge < -0.3 is 10.2 Å². The van der Waals surface area contributed by atoms with Crippen LogP contribution in [0.1, 0.15) is 47.6 Å². The van der Waals surface area contributed by atoms with Gasteiger partial charge in [0.1, 0.15) is 12.6 Å². The summed E-state index contributed by atoms with van der Waals surface area (Å²) in [5.41, 5.74) is 4.93. The number of hydrogen-bond acceptors (Lipinski definition) is 4. The predicted molar refractivity (Wildman–Crippen MR) is 180 cm³/mol. The van der Waals surface area contributed by atoms with Crippen molar-refractivity contribution in [3.8, 4) is 0 Å². The molecule has 236 valence electrons. The van der Waals surface area contributed by atoms with Gasteiger partial charge >= 0.3 is 0 Å². The first-order chi connectivity index (χ1) is 21.6. The van der Waals surface area contributed by atoms with Crippen LogP contribution in [0.5, 0.6) is 0 Å².